The Labute approximate surface area is 303 Å². The molecule has 282 valence electrons. The summed E-state index contributed by atoms with van der Waals surface area (Å²) in [5.41, 5.74) is 0. The minimum absolute atomic E-state index is 0. The van der Waals surface area contributed by atoms with Gasteiger partial charge in [-0.3, -0.25) is 4.84 Å². The molecule has 3 nitrogen and oxygen atoms in total. The molecule has 0 heterocycles. The fourth-order valence-corrected chi connectivity index (χ4v) is 7.57. The van der Waals surface area contributed by atoms with Gasteiger partial charge in [0.2, 0.25) is 0 Å². The predicted octanol–water partition coefficient (Wildman–Crippen LogP) is 11.8. The van der Waals surface area contributed by atoms with Crippen LogP contribution in [0.4, 0.5) is 0 Å². The Kier molecular flexibility index (Phi) is 38.0. The number of carbonyl (C=O) groups excluding carboxylic acids is 1. The zero-order chi connectivity index (χ0) is 34.0. The van der Waals surface area contributed by atoms with Gasteiger partial charge in [0.15, 0.2) is 0 Å². The average molecular weight is 685 g/mol. The monoisotopic (exact) mass is 684 g/mol. The lowest BCUT2D eigenvalue weighted by atomic mass is 10.00. The Bertz CT molecular complexity index is 614. The third-order valence-electron chi connectivity index (χ3n) is 10.9. The van der Waals surface area contributed by atoms with Gasteiger partial charge in [-0.15, -0.1) is 4.65 Å². The molecule has 0 bridgehead atoms. The molecule has 47 heavy (non-hydrogen) atoms. The van der Waals surface area contributed by atoms with Crippen LogP contribution in [-0.4, -0.2) is 29.2 Å². The minimum Gasteiger partial charge on any atom is -1.00 e. The van der Waals surface area contributed by atoms with Gasteiger partial charge in [-0.25, -0.2) is 4.79 Å². The summed E-state index contributed by atoms with van der Waals surface area (Å²) in [7, 11) is 0. The van der Waals surface area contributed by atoms with Crippen molar-refractivity contribution in [1.82, 2.24) is 0 Å². The predicted molar refractivity (Wildman–Crippen MR) is 205 cm³/mol. The number of quaternary nitrogens is 1. The molecule has 0 aliphatic carbocycles. The standard InChI is InChI=1S/C43H86NO2.ClH/c1-7-11-13-15-17-19-21-23-25-27-29-31-33-35-37-39-41(5)44(10-4,46-43(45)9-3)42(6)40-38-36-34-32-30-28-26-24-22-20-18-16-14-12-8-2;/h9,41-42H,3,7-8,10-40H2,1-2,4-6H3;1H/q+1;/p-1. The lowest BCUT2D eigenvalue weighted by Crippen LogP contribution is -3.00. The number of carbonyl (C=O) groups is 1. The first-order valence-electron chi connectivity index (χ1n) is 21.2. The summed E-state index contributed by atoms with van der Waals surface area (Å²) in [6, 6.07) is 0.643. The summed E-state index contributed by atoms with van der Waals surface area (Å²) in [5.74, 6) is -0.270. The number of halogens is 1. The van der Waals surface area contributed by atoms with Gasteiger partial charge in [-0.05, 0) is 33.6 Å². The minimum atomic E-state index is -0.270. The van der Waals surface area contributed by atoms with Crippen molar-refractivity contribution in [3.8, 4) is 0 Å². The van der Waals surface area contributed by atoms with Gasteiger partial charge in [0, 0.05) is 18.9 Å². The van der Waals surface area contributed by atoms with Gasteiger partial charge in [-0.1, -0.05) is 200 Å². The van der Waals surface area contributed by atoms with Crippen molar-refractivity contribution >= 4 is 5.97 Å². The number of rotatable bonds is 37. The van der Waals surface area contributed by atoms with Gasteiger partial charge in [0.05, 0.1) is 0 Å². The Morgan fingerprint density at radius 2 is 0.723 bits per heavy atom. The first-order chi connectivity index (χ1) is 22.5. The van der Waals surface area contributed by atoms with Crippen molar-refractivity contribution < 1.29 is 26.7 Å². The summed E-state index contributed by atoms with van der Waals surface area (Å²) in [4.78, 5) is 18.7. The number of unbranched alkanes of at least 4 members (excludes halogenated alkanes) is 28. The third kappa shape index (κ3) is 27.9. The van der Waals surface area contributed by atoms with Crippen molar-refractivity contribution in [3.63, 3.8) is 0 Å². The molecular formula is C43H86ClNO2. The van der Waals surface area contributed by atoms with Gasteiger partial charge in [0.1, 0.15) is 18.6 Å². The molecule has 0 aliphatic heterocycles. The molecular weight excluding hydrogens is 598 g/mol. The van der Waals surface area contributed by atoms with Crippen LogP contribution in [-0.2, 0) is 9.63 Å². The maximum absolute atomic E-state index is 12.5. The van der Waals surface area contributed by atoms with Crippen LogP contribution in [0.2, 0.25) is 0 Å². The Hall–Kier alpha value is -0.540. The quantitative estimate of drug-likeness (QED) is 0.0282. The van der Waals surface area contributed by atoms with Crippen molar-refractivity contribution in [2.45, 2.75) is 252 Å². The number of hydrogen-bond acceptors (Lipinski definition) is 2. The van der Waals surface area contributed by atoms with E-state index in [1.165, 1.54) is 199 Å². The van der Waals surface area contributed by atoms with Crippen LogP contribution in [0.3, 0.4) is 0 Å². The fourth-order valence-electron chi connectivity index (χ4n) is 7.57. The molecule has 0 saturated heterocycles. The first-order valence-corrected chi connectivity index (χ1v) is 21.2. The van der Waals surface area contributed by atoms with Crippen LogP contribution in [0, 0.1) is 0 Å². The Morgan fingerprint density at radius 3 is 0.936 bits per heavy atom. The van der Waals surface area contributed by atoms with Gasteiger partial charge >= 0.3 is 5.97 Å². The molecule has 0 saturated carbocycles. The molecule has 0 spiro atoms. The average Bonchev–Trinajstić information content (AvgIpc) is 3.06. The van der Waals surface area contributed by atoms with E-state index in [1.807, 2.05) is 0 Å². The zero-order valence-corrected chi connectivity index (χ0v) is 33.7. The highest BCUT2D eigenvalue weighted by atomic mass is 35.5. The second-order valence-corrected chi connectivity index (χ2v) is 15.0. The zero-order valence-electron chi connectivity index (χ0n) is 32.9. The highest BCUT2D eigenvalue weighted by Gasteiger charge is 2.42. The van der Waals surface area contributed by atoms with Crippen LogP contribution < -0.4 is 12.4 Å². The highest BCUT2D eigenvalue weighted by molar-refractivity contribution is 5.80. The van der Waals surface area contributed by atoms with Crippen molar-refractivity contribution in [3.05, 3.63) is 12.7 Å². The second kappa shape index (κ2) is 36.7. The molecule has 0 N–H and O–H groups in total. The third-order valence-corrected chi connectivity index (χ3v) is 10.9. The fraction of sp³-hybridized carbons (Fsp3) is 0.930. The van der Waals surface area contributed by atoms with Gasteiger partial charge < -0.3 is 12.4 Å². The molecule has 0 aliphatic rings. The van der Waals surface area contributed by atoms with Gasteiger partial charge in [-0.2, -0.15) is 0 Å². The molecule has 0 aromatic heterocycles. The summed E-state index contributed by atoms with van der Waals surface area (Å²) in [6.07, 6.45) is 45.4. The van der Waals surface area contributed by atoms with E-state index < -0.39 is 0 Å². The lowest BCUT2D eigenvalue weighted by molar-refractivity contribution is -1.12. The largest absolute Gasteiger partial charge is 1.00 e. The van der Waals surface area contributed by atoms with E-state index in [4.69, 9.17) is 4.84 Å². The van der Waals surface area contributed by atoms with E-state index in [1.54, 1.807) is 0 Å². The molecule has 0 amide bonds. The van der Waals surface area contributed by atoms with Gasteiger partial charge in [0.25, 0.3) is 0 Å². The number of hydroxylamine groups is 3. The SMILES string of the molecule is C=CC(=O)O[N+](CC)(C(C)CCCCCCCCCCCCCCCCC)C(C)CCCCCCCCCCCCCCCCC.[Cl-]. The van der Waals surface area contributed by atoms with Crippen LogP contribution >= 0.6 is 0 Å². The smallest absolute Gasteiger partial charge is 0.389 e. The summed E-state index contributed by atoms with van der Waals surface area (Å²) < 4.78 is 0.460. The molecule has 0 aromatic rings. The van der Waals surface area contributed by atoms with E-state index in [0.29, 0.717) is 16.7 Å². The maximum Gasteiger partial charge on any atom is 0.389 e. The van der Waals surface area contributed by atoms with E-state index in [2.05, 4.69) is 41.2 Å². The molecule has 2 atom stereocenters. The molecule has 0 aromatic carbocycles. The molecule has 4 heteroatoms. The van der Waals surface area contributed by atoms with Crippen LogP contribution in [0.1, 0.15) is 240 Å². The maximum atomic E-state index is 12.5. The van der Waals surface area contributed by atoms with E-state index >= 15 is 0 Å². The lowest BCUT2D eigenvalue weighted by Gasteiger charge is -2.43. The first kappa shape index (κ1) is 48.6. The van der Waals surface area contributed by atoms with Crippen molar-refractivity contribution in [1.29, 1.82) is 0 Å². The van der Waals surface area contributed by atoms with Crippen molar-refractivity contribution in [2.24, 2.45) is 0 Å². The summed E-state index contributed by atoms with van der Waals surface area (Å²) in [5, 5.41) is 0. The Balaban J connectivity index is 0. The van der Waals surface area contributed by atoms with Crippen LogP contribution in [0.25, 0.3) is 0 Å². The molecule has 0 rings (SSSR count). The Morgan fingerprint density at radius 1 is 0.489 bits per heavy atom. The van der Waals surface area contributed by atoms with E-state index in [-0.39, 0.29) is 18.4 Å². The highest BCUT2D eigenvalue weighted by Crippen LogP contribution is 2.28. The topological polar surface area (TPSA) is 26.3 Å². The van der Waals surface area contributed by atoms with Crippen LogP contribution in [0.5, 0.6) is 0 Å². The second-order valence-electron chi connectivity index (χ2n) is 15.0. The molecule has 0 radical (unpaired) electrons. The van der Waals surface area contributed by atoms with E-state index in [0.717, 1.165) is 19.4 Å². The number of hydrogen-bond donors (Lipinski definition) is 0. The van der Waals surface area contributed by atoms with Crippen LogP contribution in [0.15, 0.2) is 12.7 Å². The normalized spacial score (nSPS) is 13.9. The number of nitrogens with zero attached hydrogens (tertiary/aromatic N) is 1. The molecule has 2 unspecified atom stereocenters. The van der Waals surface area contributed by atoms with E-state index in [9.17, 15) is 4.79 Å². The molecule has 0 fully saturated rings. The summed E-state index contributed by atoms with van der Waals surface area (Å²) in [6.45, 7) is 15.9. The summed E-state index contributed by atoms with van der Waals surface area (Å²) >= 11 is 0. The van der Waals surface area contributed by atoms with Crippen molar-refractivity contribution in [2.75, 3.05) is 6.54 Å².